The summed E-state index contributed by atoms with van der Waals surface area (Å²) in [4.78, 5) is 53.6. The van der Waals surface area contributed by atoms with Crippen molar-refractivity contribution in [3.8, 4) is 0 Å². The number of hydrogen-bond acceptors (Lipinski definition) is 10. The second-order valence-electron chi connectivity index (χ2n) is 9.03. The maximum Gasteiger partial charge on any atom is 0.303 e. The van der Waals surface area contributed by atoms with Crippen molar-refractivity contribution < 1.29 is 38.1 Å². The molecule has 5 heterocycles. The van der Waals surface area contributed by atoms with Gasteiger partial charge in [-0.1, -0.05) is 0 Å². The molecule has 0 aromatic rings. The van der Waals surface area contributed by atoms with E-state index in [0.29, 0.717) is 11.1 Å². The van der Waals surface area contributed by atoms with E-state index in [1.807, 2.05) is 0 Å². The van der Waals surface area contributed by atoms with Gasteiger partial charge in [-0.2, -0.15) is 0 Å². The van der Waals surface area contributed by atoms with Crippen molar-refractivity contribution in [1.29, 1.82) is 0 Å². The monoisotopic (exact) mass is 534 g/mol. The smallest absolute Gasteiger partial charge is 0.303 e. The number of nitrogens with zero attached hydrogens (tertiary/aromatic N) is 2. The Balaban J connectivity index is 1.67. The van der Waals surface area contributed by atoms with E-state index >= 15 is 0 Å². The number of fused-ring (bicyclic) bond motifs is 6. The predicted molar refractivity (Wildman–Crippen MR) is 131 cm³/mol. The molecular weight excluding hydrogens is 508 g/mol. The summed E-state index contributed by atoms with van der Waals surface area (Å²) in [6.07, 6.45) is 11.3. The molecule has 10 nitrogen and oxygen atoms in total. The molecular formula is C24H26N2O8S2. The average Bonchev–Trinajstić information content (AvgIpc) is 3.21. The number of carbonyl (C=O) groups is 4. The zero-order chi connectivity index (χ0) is 25.8. The molecule has 0 aromatic heterocycles. The zero-order valence-electron chi connectivity index (χ0n) is 20.2. The van der Waals surface area contributed by atoms with Crippen LogP contribution in [0, 0.1) is 0 Å². The lowest BCUT2D eigenvalue weighted by Crippen LogP contribution is -2.74. The van der Waals surface area contributed by atoms with Gasteiger partial charge in [-0.3, -0.25) is 19.2 Å². The van der Waals surface area contributed by atoms with Crippen LogP contribution in [-0.2, 0) is 38.1 Å². The second-order valence-corrected chi connectivity index (χ2v) is 11.2. The van der Waals surface area contributed by atoms with Crippen LogP contribution in [0.2, 0.25) is 0 Å². The third kappa shape index (κ3) is 3.41. The molecule has 0 aliphatic carbocycles. The van der Waals surface area contributed by atoms with Gasteiger partial charge >= 0.3 is 11.9 Å². The second kappa shape index (κ2) is 8.91. The first-order valence-corrected chi connectivity index (χ1v) is 13.8. The van der Waals surface area contributed by atoms with Crippen molar-refractivity contribution in [2.24, 2.45) is 0 Å². The molecule has 0 bridgehead atoms. The first kappa shape index (κ1) is 24.8. The van der Waals surface area contributed by atoms with Gasteiger partial charge in [-0.25, -0.2) is 0 Å². The molecule has 3 fully saturated rings. The van der Waals surface area contributed by atoms with Crippen LogP contribution in [0.3, 0.4) is 0 Å². The van der Waals surface area contributed by atoms with Gasteiger partial charge in [0, 0.05) is 26.7 Å². The Morgan fingerprint density at radius 3 is 1.56 bits per heavy atom. The minimum atomic E-state index is -1.30. The first-order chi connectivity index (χ1) is 17.2. The van der Waals surface area contributed by atoms with Crippen LogP contribution in [-0.4, -0.2) is 80.1 Å². The number of hydrogen-bond donors (Lipinski definition) is 0. The molecule has 5 rings (SSSR count). The third-order valence-corrected chi connectivity index (χ3v) is 9.50. The lowest BCUT2D eigenvalue weighted by atomic mass is 10.0. The molecule has 5 aliphatic heterocycles. The number of thioether (sulfide) groups is 2. The summed E-state index contributed by atoms with van der Waals surface area (Å²) < 4.78 is 22.1. The molecule has 3 saturated heterocycles. The van der Waals surface area contributed by atoms with Crippen LogP contribution < -0.4 is 0 Å². The molecule has 5 aliphatic rings. The van der Waals surface area contributed by atoms with E-state index in [1.54, 1.807) is 34.5 Å². The summed E-state index contributed by atoms with van der Waals surface area (Å²) in [5.74, 6) is -1.59. The third-order valence-electron chi connectivity index (χ3n) is 7.12. The topological polar surface area (TPSA) is 112 Å². The largest absolute Gasteiger partial charge is 0.473 e. The van der Waals surface area contributed by atoms with Gasteiger partial charge in [0.25, 0.3) is 11.8 Å². The minimum absolute atomic E-state index is 0.195. The van der Waals surface area contributed by atoms with Crippen LogP contribution in [0.15, 0.2) is 48.3 Å². The molecule has 6 atom stereocenters. The molecule has 2 unspecified atom stereocenters. The highest BCUT2D eigenvalue weighted by Gasteiger charge is 2.73. The van der Waals surface area contributed by atoms with E-state index in [2.05, 4.69) is 0 Å². The van der Waals surface area contributed by atoms with Gasteiger partial charge < -0.3 is 28.7 Å². The number of carbonyl (C=O) groups excluding carboxylic acids is 4. The van der Waals surface area contributed by atoms with Crippen molar-refractivity contribution in [3.63, 3.8) is 0 Å². The fourth-order valence-electron chi connectivity index (χ4n) is 5.78. The lowest BCUT2D eigenvalue weighted by Gasteiger charge is -2.54. The van der Waals surface area contributed by atoms with Crippen LogP contribution >= 0.6 is 23.5 Å². The van der Waals surface area contributed by atoms with Crippen LogP contribution in [0.4, 0.5) is 0 Å². The van der Waals surface area contributed by atoms with Crippen molar-refractivity contribution in [2.75, 3.05) is 12.5 Å². The summed E-state index contributed by atoms with van der Waals surface area (Å²) in [5, 5.41) is 0. The number of amides is 2. The number of piperazine rings is 1. The summed E-state index contributed by atoms with van der Waals surface area (Å²) >= 11 is 2.51. The molecule has 12 heteroatoms. The van der Waals surface area contributed by atoms with Gasteiger partial charge in [-0.05, 0) is 35.8 Å². The quantitative estimate of drug-likeness (QED) is 0.497. The summed E-state index contributed by atoms with van der Waals surface area (Å²) in [7, 11) is 0. The van der Waals surface area contributed by atoms with Gasteiger partial charge in [0.15, 0.2) is 9.74 Å². The minimum Gasteiger partial charge on any atom is -0.473 e. The Hall–Kier alpha value is -2.86. The SMILES string of the molecule is CS[C@@]12CC3=COC=C[C@H](OC(C)=O)C3N1C(=O)[C@]1(SC)CC3=COC=C[C@H](OC(C)=O)C3N1C2=O. The highest BCUT2D eigenvalue weighted by atomic mass is 32.2. The normalized spacial score (nSPS) is 36.2. The summed E-state index contributed by atoms with van der Waals surface area (Å²) in [6, 6.07) is -1.41. The van der Waals surface area contributed by atoms with Gasteiger partial charge in [0.05, 0.1) is 37.1 Å². The molecule has 0 N–H and O–H groups in total. The fraction of sp³-hybridized carbons (Fsp3) is 0.500. The summed E-state index contributed by atoms with van der Waals surface area (Å²) in [6.45, 7) is 2.60. The van der Waals surface area contributed by atoms with E-state index in [-0.39, 0.29) is 24.7 Å². The summed E-state index contributed by atoms with van der Waals surface area (Å²) in [5.41, 5.74) is 1.35. The zero-order valence-corrected chi connectivity index (χ0v) is 21.8. The van der Waals surface area contributed by atoms with Gasteiger partial charge in [0.2, 0.25) is 0 Å². The molecule has 0 aromatic carbocycles. The highest BCUT2D eigenvalue weighted by Crippen LogP contribution is 2.59. The molecule has 36 heavy (non-hydrogen) atoms. The van der Waals surface area contributed by atoms with Crippen LogP contribution in [0.1, 0.15) is 26.7 Å². The standard InChI is InChI=1S/C24H26N2O8S2/c1-13(27)33-17-5-7-31-11-15-9-23(35-3)22(30)26-20-16(12-32-8-6-18(20)34-14(2)28)10-24(26,36-4)21(29)25(23)19(15)17/h5-8,11-12,17-20H,9-10H2,1-4H3/t17-,18-,19?,20?,23+,24+/m0/s1. The van der Waals surface area contributed by atoms with Crippen molar-refractivity contribution >= 4 is 47.3 Å². The molecule has 192 valence electrons. The molecule has 0 saturated carbocycles. The van der Waals surface area contributed by atoms with E-state index in [0.717, 1.165) is 0 Å². The molecule has 2 amide bonds. The van der Waals surface area contributed by atoms with E-state index in [9.17, 15) is 19.2 Å². The lowest BCUT2D eigenvalue weighted by molar-refractivity contribution is -0.171. The Morgan fingerprint density at radius 2 is 1.22 bits per heavy atom. The maximum atomic E-state index is 14.6. The number of esters is 2. The highest BCUT2D eigenvalue weighted by molar-refractivity contribution is 8.01. The van der Waals surface area contributed by atoms with Gasteiger partial charge in [0.1, 0.15) is 12.2 Å². The van der Waals surface area contributed by atoms with E-state index in [1.165, 1.54) is 62.4 Å². The Morgan fingerprint density at radius 1 is 0.833 bits per heavy atom. The van der Waals surface area contributed by atoms with Crippen molar-refractivity contribution in [3.05, 3.63) is 48.3 Å². The Labute approximate surface area is 216 Å². The van der Waals surface area contributed by atoms with Crippen molar-refractivity contribution in [2.45, 2.75) is 60.7 Å². The molecule has 0 radical (unpaired) electrons. The Bertz CT molecular complexity index is 1060. The molecule has 0 spiro atoms. The maximum absolute atomic E-state index is 14.6. The Kier molecular flexibility index (Phi) is 6.14. The van der Waals surface area contributed by atoms with Crippen LogP contribution in [0.25, 0.3) is 0 Å². The van der Waals surface area contributed by atoms with Crippen LogP contribution in [0.5, 0.6) is 0 Å². The van der Waals surface area contributed by atoms with E-state index in [4.69, 9.17) is 18.9 Å². The predicted octanol–water partition coefficient (Wildman–Crippen LogP) is 2.04. The average molecular weight is 535 g/mol. The fourth-order valence-corrected chi connectivity index (χ4v) is 7.74. The first-order valence-electron chi connectivity index (χ1n) is 11.3. The van der Waals surface area contributed by atoms with E-state index < -0.39 is 46.0 Å². The number of ether oxygens (including phenoxy) is 4. The van der Waals surface area contributed by atoms with Crippen molar-refractivity contribution in [1.82, 2.24) is 9.80 Å². The van der Waals surface area contributed by atoms with Gasteiger partial charge in [-0.15, -0.1) is 23.5 Å². The number of rotatable bonds is 4.